The van der Waals surface area contributed by atoms with Crippen molar-refractivity contribution in [3.63, 3.8) is 0 Å². The first-order valence-corrected chi connectivity index (χ1v) is 7.97. The molecular weight excluding hydrogens is 268 g/mol. The third-order valence-corrected chi connectivity index (χ3v) is 4.60. The van der Waals surface area contributed by atoms with Gasteiger partial charge in [-0.15, -0.1) is 11.8 Å². The fraction of sp³-hybridized carbons (Fsp3) is 0.562. The lowest BCUT2D eigenvalue weighted by Crippen LogP contribution is -2.48. The summed E-state index contributed by atoms with van der Waals surface area (Å²) in [6, 6.07) is 8.11. The zero-order valence-electron chi connectivity index (χ0n) is 12.7. The molecule has 1 aliphatic heterocycles. The van der Waals surface area contributed by atoms with E-state index in [2.05, 4.69) is 43.5 Å². The van der Waals surface area contributed by atoms with Crippen LogP contribution in [-0.4, -0.2) is 23.7 Å². The molecule has 110 valence electrons. The molecular formula is C16H24N2OS. The predicted molar refractivity (Wildman–Crippen MR) is 86.2 cm³/mol. The Labute approximate surface area is 125 Å². The van der Waals surface area contributed by atoms with Crippen LogP contribution in [-0.2, 0) is 4.79 Å². The van der Waals surface area contributed by atoms with Crippen LogP contribution >= 0.6 is 11.8 Å². The maximum absolute atomic E-state index is 12.1. The monoisotopic (exact) mass is 292 g/mol. The summed E-state index contributed by atoms with van der Waals surface area (Å²) in [5.41, 5.74) is 0.882. The van der Waals surface area contributed by atoms with Crippen molar-refractivity contribution < 1.29 is 4.79 Å². The molecule has 0 saturated carbocycles. The highest BCUT2D eigenvalue weighted by Crippen LogP contribution is 2.32. The lowest BCUT2D eigenvalue weighted by atomic mass is 9.88. The fourth-order valence-corrected chi connectivity index (χ4v) is 3.07. The molecule has 0 radical (unpaired) electrons. The van der Waals surface area contributed by atoms with Crippen molar-refractivity contribution in [1.82, 2.24) is 5.32 Å². The van der Waals surface area contributed by atoms with E-state index in [9.17, 15) is 4.79 Å². The second kappa shape index (κ2) is 6.19. The van der Waals surface area contributed by atoms with Crippen molar-refractivity contribution in [2.45, 2.75) is 37.3 Å². The summed E-state index contributed by atoms with van der Waals surface area (Å²) < 4.78 is 0.205. The van der Waals surface area contributed by atoms with Crippen LogP contribution < -0.4 is 10.6 Å². The largest absolute Gasteiger partial charge is 0.326 e. The molecule has 0 aromatic heterocycles. The first kappa shape index (κ1) is 15.4. The van der Waals surface area contributed by atoms with Crippen molar-refractivity contribution in [3.05, 3.63) is 24.3 Å². The van der Waals surface area contributed by atoms with E-state index in [0.717, 1.165) is 18.8 Å². The lowest BCUT2D eigenvalue weighted by Gasteiger charge is -2.31. The number of anilines is 1. The second-order valence-corrected chi connectivity index (χ2v) is 8.34. The number of carbonyl (C=O) groups is 1. The molecule has 20 heavy (non-hydrogen) atoms. The summed E-state index contributed by atoms with van der Waals surface area (Å²) in [4.78, 5) is 13.3. The van der Waals surface area contributed by atoms with Gasteiger partial charge in [-0.05, 0) is 43.3 Å². The average Bonchev–Trinajstić information content (AvgIpc) is 2.27. The van der Waals surface area contributed by atoms with E-state index in [0.29, 0.717) is 5.92 Å². The van der Waals surface area contributed by atoms with Gasteiger partial charge in [0.05, 0.1) is 0 Å². The van der Waals surface area contributed by atoms with Gasteiger partial charge in [-0.2, -0.15) is 0 Å². The maximum atomic E-state index is 12.1. The number of amides is 1. The Kier molecular flexibility index (Phi) is 4.76. The number of hydrogen-bond acceptors (Lipinski definition) is 3. The van der Waals surface area contributed by atoms with Gasteiger partial charge in [0.15, 0.2) is 0 Å². The van der Waals surface area contributed by atoms with Gasteiger partial charge in [0.25, 0.3) is 0 Å². The van der Waals surface area contributed by atoms with E-state index in [1.807, 2.05) is 30.8 Å². The van der Waals surface area contributed by atoms with Gasteiger partial charge in [0, 0.05) is 21.2 Å². The molecule has 1 heterocycles. The Morgan fingerprint density at radius 1 is 1.30 bits per heavy atom. The second-order valence-electron chi connectivity index (χ2n) is 6.44. The number of hydrogen-bond donors (Lipinski definition) is 2. The van der Waals surface area contributed by atoms with E-state index in [-0.39, 0.29) is 16.6 Å². The first-order chi connectivity index (χ1) is 9.35. The van der Waals surface area contributed by atoms with Crippen LogP contribution in [0.5, 0.6) is 0 Å². The SMILES string of the molecule is CC(C(=O)Nc1ccc(SC(C)(C)C)cc1)C1CNC1. The highest BCUT2D eigenvalue weighted by atomic mass is 32.2. The molecule has 1 saturated heterocycles. The normalized spacial score (nSPS) is 17.4. The van der Waals surface area contributed by atoms with Crippen molar-refractivity contribution in [2.75, 3.05) is 18.4 Å². The summed E-state index contributed by atoms with van der Waals surface area (Å²) in [5.74, 6) is 0.665. The number of nitrogens with one attached hydrogen (secondary N) is 2. The molecule has 1 aromatic rings. The molecule has 2 N–H and O–H groups in total. The summed E-state index contributed by atoms with van der Waals surface area (Å²) in [5, 5.41) is 6.21. The Bertz CT molecular complexity index is 460. The Hall–Kier alpha value is -1.00. The Morgan fingerprint density at radius 2 is 1.90 bits per heavy atom. The third-order valence-electron chi connectivity index (χ3n) is 3.48. The molecule has 0 aliphatic carbocycles. The minimum absolute atomic E-state index is 0.0693. The van der Waals surface area contributed by atoms with Gasteiger partial charge in [0.2, 0.25) is 5.91 Å². The van der Waals surface area contributed by atoms with Gasteiger partial charge in [-0.3, -0.25) is 4.79 Å². The fourth-order valence-electron chi connectivity index (χ4n) is 2.09. The van der Waals surface area contributed by atoms with E-state index in [1.165, 1.54) is 4.90 Å². The standard InChI is InChI=1S/C16H24N2OS/c1-11(12-9-17-10-12)15(19)18-13-5-7-14(8-6-13)20-16(2,3)4/h5-8,11-12,17H,9-10H2,1-4H3,(H,18,19). The molecule has 1 atom stereocenters. The Balaban J connectivity index is 1.91. The molecule has 1 aliphatic rings. The molecule has 0 spiro atoms. The van der Waals surface area contributed by atoms with E-state index in [1.54, 1.807) is 0 Å². The van der Waals surface area contributed by atoms with Crippen molar-refractivity contribution in [3.8, 4) is 0 Å². The zero-order valence-corrected chi connectivity index (χ0v) is 13.5. The van der Waals surface area contributed by atoms with Crippen LogP contribution in [0.25, 0.3) is 0 Å². The highest BCUT2D eigenvalue weighted by molar-refractivity contribution is 8.00. The summed E-state index contributed by atoms with van der Waals surface area (Å²) >= 11 is 1.83. The van der Waals surface area contributed by atoms with Gasteiger partial charge in [-0.25, -0.2) is 0 Å². The number of rotatable bonds is 4. The quantitative estimate of drug-likeness (QED) is 0.836. The smallest absolute Gasteiger partial charge is 0.227 e. The van der Waals surface area contributed by atoms with Gasteiger partial charge in [0.1, 0.15) is 0 Å². The summed E-state index contributed by atoms with van der Waals surface area (Å²) in [7, 11) is 0. The minimum Gasteiger partial charge on any atom is -0.326 e. The van der Waals surface area contributed by atoms with E-state index >= 15 is 0 Å². The molecule has 0 bridgehead atoms. The van der Waals surface area contributed by atoms with Crippen LogP contribution in [0.1, 0.15) is 27.7 Å². The molecule has 1 amide bonds. The van der Waals surface area contributed by atoms with Crippen molar-refractivity contribution in [2.24, 2.45) is 11.8 Å². The third kappa shape index (κ3) is 4.25. The van der Waals surface area contributed by atoms with Crippen LogP contribution in [0, 0.1) is 11.8 Å². The number of benzene rings is 1. The number of thioether (sulfide) groups is 1. The van der Waals surface area contributed by atoms with Crippen molar-refractivity contribution in [1.29, 1.82) is 0 Å². The van der Waals surface area contributed by atoms with E-state index in [4.69, 9.17) is 0 Å². The van der Waals surface area contributed by atoms with Crippen LogP contribution in [0.4, 0.5) is 5.69 Å². The zero-order chi connectivity index (χ0) is 14.8. The van der Waals surface area contributed by atoms with Crippen LogP contribution in [0.15, 0.2) is 29.2 Å². The minimum atomic E-state index is 0.0693. The molecule has 4 heteroatoms. The van der Waals surface area contributed by atoms with Gasteiger partial charge in [-0.1, -0.05) is 27.7 Å². The number of carbonyl (C=O) groups excluding carboxylic acids is 1. The predicted octanol–water partition coefficient (Wildman–Crippen LogP) is 3.37. The molecule has 1 fully saturated rings. The van der Waals surface area contributed by atoms with Crippen LogP contribution in [0.3, 0.4) is 0 Å². The van der Waals surface area contributed by atoms with Crippen LogP contribution in [0.2, 0.25) is 0 Å². The topological polar surface area (TPSA) is 41.1 Å². The molecule has 3 nitrogen and oxygen atoms in total. The first-order valence-electron chi connectivity index (χ1n) is 7.16. The molecule has 1 aromatic carbocycles. The Morgan fingerprint density at radius 3 is 2.35 bits per heavy atom. The molecule has 2 rings (SSSR count). The van der Waals surface area contributed by atoms with Crippen molar-refractivity contribution >= 4 is 23.4 Å². The maximum Gasteiger partial charge on any atom is 0.227 e. The van der Waals surface area contributed by atoms with Gasteiger partial charge < -0.3 is 10.6 Å². The highest BCUT2D eigenvalue weighted by Gasteiger charge is 2.28. The lowest BCUT2D eigenvalue weighted by molar-refractivity contribution is -0.121. The summed E-state index contributed by atoms with van der Waals surface area (Å²) in [6.45, 7) is 10.5. The molecule has 1 unspecified atom stereocenters. The average molecular weight is 292 g/mol. The van der Waals surface area contributed by atoms with Gasteiger partial charge >= 0.3 is 0 Å². The van der Waals surface area contributed by atoms with E-state index < -0.39 is 0 Å². The summed E-state index contributed by atoms with van der Waals surface area (Å²) in [6.07, 6.45) is 0.